The van der Waals surface area contributed by atoms with Crippen molar-refractivity contribution >= 4 is 27.8 Å². The average molecular weight is 454 g/mol. The number of carbonyl (C=O) groups excluding carboxylic acids is 2. The lowest BCUT2D eigenvalue weighted by Gasteiger charge is -2.36. The topological polar surface area (TPSA) is 100 Å². The summed E-state index contributed by atoms with van der Waals surface area (Å²) >= 11 is 0. The first-order valence-electron chi connectivity index (χ1n) is 9.83. The lowest BCUT2D eigenvalue weighted by molar-refractivity contribution is -0.119. The van der Waals surface area contributed by atoms with E-state index in [1.54, 1.807) is 20.8 Å². The predicted octanol–water partition coefficient (Wildman–Crippen LogP) is 4.74. The second-order valence-electron chi connectivity index (χ2n) is 9.55. The fourth-order valence-electron chi connectivity index (χ4n) is 2.10. The number of hydrogen-bond donors (Lipinski definition) is 1. The van der Waals surface area contributed by atoms with Gasteiger partial charge in [0.05, 0.1) is 6.04 Å². The largest absolute Gasteiger partial charge is 0.444 e. The lowest BCUT2D eigenvalue weighted by Crippen LogP contribution is -2.45. The van der Waals surface area contributed by atoms with Gasteiger partial charge < -0.3 is 23.5 Å². The van der Waals surface area contributed by atoms with Crippen LogP contribution in [0.2, 0.25) is 18.1 Å². The molecule has 0 fully saturated rings. The number of ether oxygens (including phenoxy) is 1. The zero-order valence-corrected chi connectivity index (χ0v) is 21.6. The van der Waals surface area contributed by atoms with E-state index in [-0.39, 0.29) is 5.04 Å². The zero-order valence-electron chi connectivity index (χ0n) is 19.7. The van der Waals surface area contributed by atoms with E-state index in [0.29, 0.717) is 19.4 Å². The molecule has 0 aromatic heterocycles. The minimum Gasteiger partial charge on any atom is -0.444 e. The molecule has 0 saturated carbocycles. The van der Waals surface area contributed by atoms with Gasteiger partial charge in [-0.3, -0.25) is 9.36 Å². The number of alkyl carbamates (subject to hydrolysis) is 1. The summed E-state index contributed by atoms with van der Waals surface area (Å²) < 4.78 is 33.4. The molecule has 29 heavy (non-hydrogen) atoms. The maximum absolute atomic E-state index is 12.7. The molecular formula is C19H40NO7PSi. The molecule has 0 rings (SSSR count). The number of ketones is 1. The van der Waals surface area contributed by atoms with E-state index >= 15 is 0 Å². The Morgan fingerprint density at radius 3 is 1.97 bits per heavy atom. The minimum atomic E-state index is -3.53. The summed E-state index contributed by atoms with van der Waals surface area (Å²) in [5, 5.41) is 2.67. The van der Waals surface area contributed by atoms with Gasteiger partial charge in [-0.1, -0.05) is 20.8 Å². The van der Waals surface area contributed by atoms with Gasteiger partial charge in [-0.05, 0) is 51.7 Å². The molecule has 0 saturated heterocycles. The van der Waals surface area contributed by atoms with Crippen molar-refractivity contribution in [2.75, 3.05) is 27.0 Å². The Labute approximate surface area is 177 Å². The van der Waals surface area contributed by atoms with Crippen LogP contribution < -0.4 is 5.32 Å². The summed E-state index contributed by atoms with van der Waals surface area (Å²) in [6.45, 7) is 16.5. The molecule has 0 aliphatic rings. The summed E-state index contributed by atoms with van der Waals surface area (Å²) in [6.07, 6.45) is -0.238. The van der Waals surface area contributed by atoms with Crippen LogP contribution in [-0.4, -0.2) is 58.8 Å². The summed E-state index contributed by atoms with van der Waals surface area (Å²) in [7, 11) is -2.98. The smallest absolute Gasteiger partial charge is 0.408 e. The van der Waals surface area contributed by atoms with Crippen LogP contribution in [0.4, 0.5) is 4.79 Å². The van der Waals surface area contributed by atoms with Gasteiger partial charge in [-0.15, -0.1) is 0 Å². The van der Waals surface area contributed by atoms with Crippen LogP contribution in [0.15, 0.2) is 0 Å². The second-order valence-corrected chi connectivity index (χ2v) is 16.6. The van der Waals surface area contributed by atoms with E-state index in [1.807, 2.05) is 0 Å². The molecule has 8 nitrogen and oxygen atoms in total. The summed E-state index contributed by atoms with van der Waals surface area (Å²) in [6, 6.07) is -0.869. The first-order chi connectivity index (χ1) is 13.0. The van der Waals surface area contributed by atoms with Crippen molar-refractivity contribution in [1.82, 2.24) is 5.32 Å². The van der Waals surface area contributed by atoms with Gasteiger partial charge in [-0.2, -0.15) is 0 Å². The number of Topliss-reactive ketones (excluding diaryl/α,β-unsaturated/α-hetero) is 1. The Hall–Kier alpha value is -0.733. The second kappa shape index (κ2) is 11.0. The molecule has 0 aliphatic heterocycles. The molecule has 0 aromatic carbocycles. The molecule has 0 radical (unpaired) electrons. The van der Waals surface area contributed by atoms with Crippen LogP contribution in [-0.2, 0) is 27.6 Å². The van der Waals surface area contributed by atoms with E-state index in [4.69, 9.17) is 18.2 Å². The molecule has 172 valence electrons. The van der Waals surface area contributed by atoms with Crippen LogP contribution in [0.1, 0.15) is 54.4 Å². The number of amides is 1. The summed E-state index contributed by atoms with van der Waals surface area (Å²) in [4.78, 5) is 24.9. The molecule has 0 aromatic rings. The third-order valence-electron chi connectivity index (χ3n) is 4.89. The number of carbonyl (C=O) groups is 2. The molecule has 0 spiro atoms. The third-order valence-corrected chi connectivity index (χ3v) is 11.2. The van der Waals surface area contributed by atoms with Crippen LogP contribution >= 0.6 is 7.60 Å². The fraction of sp³-hybridized carbons (Fsp3) is 0.895. The molecule has 0 bridgehead atoms. The Kier molecular flexibility index (Phi) is 10.8. The Morgan fingerprint density at radius 2 is 1.55 bits per heavy atom. The van der Waals surface area contributed by atoms with Crippen molar-refractivity contribution in [3.63, 3.8) is 0 Å². The van der Waals surface area contributed by atoms with Crippen molar-refractivity contribution < 1.29 is 32.4 Å². The van der Waals surface area contributed by atoms with Gasteiger partial charge in [0.1, 0.15) is 11.8 Å². The molecule has 1 amide bonds. The number of nitrogens with one attached hydrogen (secondary N) is 1. The highest BCUT2D eigenvalue weighted by atomic mass is 31.2. The standard InChI is InChI=1S/C19H40NO7PSi/c1-18(2,3)27-17(22)20-15(16(21)14-28(23,24-7)25-8)12-11-13-26-29(9,10)19(4,5)6/h15H,11-14H2,1-10H3,(H,20,22)/t15-/m0/s1. The van der Waals surface area contributed by atoms with Crippen molar-refractivity contribution in [3.8, 4) is 0 Å². The molecule has 1 N–H and O–H groups in total. The van der Waals surface area contributed by atoms with E-state index < -0.39 is 45.6 Å². The van der Waals surface area contributed by atoms with Crippen LogP contribution in [0.3, 0.4) is 0 Å². The van der Waals surface area contributed by atoms with Crippen LogP contribution in [0, 0.1) is 0 Å². The van der Waals surface area contributed by atoms with E-state index in [2.05, 4.69) is 39.2 Å². The van der Waals surface area contributed by atoms with Gasteiger partial charge in [0, 0.05) is 20.8 Å². The minimum absolute atomic E-state index is 0.0839. The molecular weight excluding hydrogens is 413 g/mol. The van der Waals surface area contributed by atoms with Gasteiger partial charge in [0.2, 0.25) is 0 Å². The van der Waals surface area contributed by atoms with Crippen LogP contribution in [0.25, 0.3) is 0 Å². The summed E-state index contributed by atoms with van der Waals surface area (Å²) in [5.41, 5.74) is -0.697. The first kappa shape index (κ1) is 28.3. The molecule has 0 heterocycles. The Balaban J connectivity index is 5.07. The molecule has 0 unspecified atom stereocenters. The predicted molar refractivity (Wildman–Crippen MR) is 117 cm³/mol. The quantitative estimate of drug-likeness (QED) is 0.274. The first-order valence-corrected chi connectivity index (χ1v) is 14.5. The Morgan fingerprint density at radius 1 is 1.03 bits per heavy atom. The van der Waals surface area contributed by atoms with Crippen molar-refractivity contribution in [2.24, 2.45) is 0 Å². The highest BCUT2D eigenvalue weighted by Crippen LogP contribution is 2.46. The Bertz CT molecular complexity index is 588. The summed E-state index contributed by atoms with van der Waals surface area (Å²) in [5.74, 6) is -0.435. The highest BCUT2D eigenvalue weighted by molar-refractivity contribution is 7.54. The van der Waals surface area contributed by atoms with E-state index in [1.165, 1.54) is 14.2 Å². The molecule has 10 heteroatoms. The number of rotatable bonds is 11. The maximum atomic E-state index is 12.7. The van der Waals surface area contributed by atoms with Gasteiger partial charge in [-0.25, -0.2) is 4.79 Å². The monoisotopic (exact) mass is 453 g/mol. The normalized spacial score (nSPS) is 14.4. The SMILES string of the molecule is COP(=O)(CC(=O)[C@H](CCCO[Si](C)(C)C(C)(C)C)NC(=O)OC(C)(C)C)OC. The van der Waals surface area contributed by atoms with Gasteiger partial charge in [0.25, 0.3) is 0 Å². The maximum Gasteiger partial charge on any atom is 0.408 e. The highest BCUT2D eigenvalue weighted by Gasteiger charge is 2.37. The van der Waals surface area contributed by atoms with Crippen molar-refractivity contribution in [1.29, 1.82) is 0 Å². The van der Waals surface area contributed by atoms with Crippen LogP contribution in [0.5, 0.6) is 0 Å². The average Bonchev–Trinajstić information content (AvgIpc) is 2.54. The molecule has 1 atom stereocenters. The van der Waals surface area contributed by atoms with Crippen molar-refractivity contribution in [3.05, 3.63) is 0 Å². The third kappa shape index (κ3) is 10.7. The lowest BCUT2D eigenvalue weighted by atomic mass is 10.1. The molecule has 0 aliphatic carbocycles. The fourth-order valence-corrected chi connectivity index (χ4v) is 4.20. The zero-order chi connectivity index (χ0) is 23.1. The van der Waals surface area contributed by atoms with Gasteiger partial charge in [0.15, 0.2) is 14.1 Å². The van der Waals surface area contributed by atoms with Crippen molar-refractivity contribution in [2.45, 2.75) is 84.2 Å². The number of hydrogen-bond acceptors (Lipinski definition) is 7. The van der Waals surface area contributed by atoms with E-state index in [9.17, 15) is 14.2 Å². The van der Waals surface area contributed by atoms with E-state index in [0.717, 1.165) is 0 Å². The van der Waals surface area contributed by atoms with Gasteiger partial charge >= 0.3 is 13.7 Å².